The lowest BCUT2D eigenvalue weighted by Gasteiger charge is -2.25. The number of aryl methyl sites for hydroxylation is 1. The Morgan fingerprint density at radius 3 is 2.46 bits per heavy atom. The first-order valence-corrected chi connectivity index (χ1v) is 9.52. The molecule has 0 spiro atoms. The Morgan fingerprint density at radius 1 is 1.14 bits per heavy atom. The van der Waals surface area contributed by atoms with Crippen LogP contribution in [0.1, 0.15) is 38.0 Å². The number of nitrogens with zero attached hydrogens (tertiary/aromatic N) is 4. The molecule has 0 atom stereocenters. The van der Waals surface area contributed by atoms with E-state index >= 15 is 0 Å². The fourth-order valence-electron chi connectivity index (χ4n) is 2.48. The largest absolute Gasteiger partial charge is 0.356 e. The number of carbonyl (C=O) groups excluding carboxylic acids is 1. The van der Waals surface area contributed by atoms with Gasteiger partial charge in [-0.2, -0.15) is 0 Å². The average molecular weight is 386 g/mol. The summed E-state index contributed by atoms with van der Waals surface area (Å²) in [5.74, 6) is 2.30. The predicted octanol–water partition coefficient (Wildman–Crippen LogP) is 1.52. The van der Waals surface area contributed by atoms with Gasteiger partial charge in [0.2, 0.25) is 5.91 Å². The van der Waals surface area contributed by atoms with Gasteiger partial charge in [0.15, 0.2) is 11.8 Å². The Morgan fingerprint density at radius 2 is 1.86 bits per heavy atom. The molecule has 1 amide bonds. The van der Waals surface area contributed by atoms with Crippen molar-refractivity contribution in [2.75, 3.05) is 13.1 Å². The first kappa shape index (κ1) is 21.4. The molecule has 152 valence electrons. The lowest BCUT2D eigenvalue weighted by Crippen LogP contribution is -2.47. The SMILES string of the molecule is CCNC(=O)C(C)(C)CNC(=NCc1ccccc1)NCc1nnc(C)n1C. The van der Waals surface area contributed by atoms with Crippen LogP contribution in [-0.2, 0) is 24.9 Å². The number of rotatable bonds is 8. The smallest absolute Gasteiger partial charge is 0.227 e. The highest BCUT2D eigenvalue weighted by Gasteiger charge is 2.27. The highest BCUT2D eigenvalue weighted by molar-refractivity contribution is 5.84. The quantitative estimate of drug-likeness (QED) is 0.473. The molecule has 2 rings (SSSR count). The van der Waals surface area contributed by atoms with Crippen molar-refractivity contribution < 1.29 is 4.79 Å². The van der Waals surface area contributed by atoms with Crippen LogP contribution in [0.25, 0.3) is 0 Å². The van der Waals surface area contributed by atoms with E-state index in [9.17, 15) is 4.79 Å². The maximum Gasteiger partial charge on any atom is 0.227 e. The minimum atomic E-state index is -0.563. The highest BCUT2D eigenvalue weighted by atomic mass is 16.2. The van der Waals surface area contributed by atoms with E-state index in [1.807, 2.05) is 69.6 Å². The second kappa shape index (κ2) is 9.87. The molecule has 1 aromatic carbocycles. The van der Waals surface area contributed by atoms with Crippen molar-refractivity contribution in [3.63, 3.8) is 0 Å². The summed E-state index contributed by atoms with van der Waals surface area (Å²) in [6.07, 6.45) is 0. The van der Waals surface area contributed by atoms with Crippen molar-refractivity contribution in [1.82, 2.24) is 30.7 Å². The Balaban J connectivity index is 2.06. The second-order valence-electron chi connectivity index (χ2n) is 7.32. The number of hydrogen-bond acceptors (Lipinski definition) is 4. The van der Waals surface area contributed by atoms with Gasteiger partial charge in [-0.3, -0.25) is 4.79 Å². The van der Waals surface area contributed by atoms with E-state index in [-0.39, 0.29) is 5.91 Å². The molecule has 8 heteroatoms. The molecule has 0 aliphatic rings. The Kier molecular flexibility index (Phi) is 7.54. The second-order valence-corrected chi connectivity index (χ2v) is 7.32. The summed E-state index contributed by atoms with van der Waals surface area (Å²) in [5, 5.41) is 17.7. The van der Waals surface area contributed by atoms with Crippen LogP contribution in [0.2, 0.25) is 0 Å². The van der Waals surface area contributed by atoms with Crippen molar-refractivity contribution in [3.8, 4) is 0 Å². The summed E-state index contributed by atoms with van der Waals surface area (Å²) in [5.41, 5.74) is 0.549. The highest BCUT2D eigenvalue weighted by Crippen LogP contribution is 2.13. The van der Waals surface area contributed by atoms with E-state index < -0.39 is 5.41 Å². The fraction of sp³-hybridized carbons (Fsp3) is 0.500. The minimum Gasteiger partial charge on any atom is -0.356 e. The standard InChI is InChI=1S/C20H31N7O/c1-6-21-18(28)20(3,4)14-24-19(22-12-16-10-8-7-9-11-16)23-13-17-26-25-15(2)27(17)5/h7-11H,6,12-14H2,1-5H3,(H,21,28)(H2,22,23,24). The van der Waals surface area contributed by atoms with Crippen molar-refractivity contribution in [2.24, 2.45) is 17.5 Å². The topological polar surface area (TPSA) is 96.2 Å². The number of carbonyl (C=O) groups is 1. The van der Waals surface area contributed by atoms with Crippen molar-refractivity contribution >= 4 is 11.9 Å². The summed E-state index contributed by atoms with van der Waals surface area (Å²) in [4.78, 5) is 16.9. The lowest BCUT2D eigenvalue weighted by atomic mass is 9.92. The van der Waals surface area contributed by atoms with Gasteiger partial charge < -0.3 is 20.5 Å². The molecule has 28 heavy (non-hydrogen) atoms. The van der Waals surface area contributed by atoms with Crippen molar-refractivity contribution in [3.05, 3.63) is 47.5 Å². The maximum atomic E-state index is 12.3. The Hall–Kier alpha value is -2.90. The number of aromatic nitrogens is 3. The van der Waals surface area contributed by atoms with Crippen LogP contribution in [0.3, 0.4) is 0 Å². The first-order valence-electron chi connectivity index (χ1n) is 9.52. The number of nitrogens with one attached hydrogen (secondary N) is 3. The third kappa shape index (κ3) is 6.07. The average Bonchev–Trinajstić information content (AvgIpc) is 3.00. The third-order valence-electron chi connectivity index (χ3n) is 4.51. The van der Waals surface area contributed by atoms with E-state index in [0.29, 0.717) is 32.1 Å². The number of benzene rings is 1. The Bertz CT molecular complexity index is 796. The van der Waals surface area contributed by atoms with Crippen LogP contribution in [0.5, 0.6) is 0 Å². The normalized spacial score (nSPS) is 12.0. The van der Waals surface area contributed by atoms with Crippen LogP contribution < -0.4 is 16.0 Å². The van der Waals surface area contributed by atoms with Crippen LogP contribution >= 0.6 is 0 Å². The molecule has 3 N–H and O–H groups in total. The summed E-state index contributed by atoms with van der Waals surface area (Å²) in [6.45, 7) is 9.73. The fourth-order valence-corrected chi connectivity index (χ4v) is 2.48. The van der Waals surface area contributed by atoms with Gasteiger partial charge in [-0.15, -0.1) is 10.2 Å². The molecule has 0 saturated carbocycles. The van der Waals surface area contributed by atoms with E-state index in [0.717, 1.165) is 17.2 Å². The van der Waals surface area contributed by atoms with Gasteiger partial charge in [0, 0.05) is 20.1 Å². The third-order valence-corrected chi connectivity index (χ3v) is 4.51. The molecule has 0 fully saturated rings. The van der Waals surface area contributed by atoms with Gasteiger partial charge in [-0.1, -0.05) is 30.3 Å². The van der Waals surface area contributed by atoms with Gasteiger partial charge in [0.1, 0.15) is 5.82 Å². The molecule has 2 aromatic rings. The summed E-state index contributed by atoms with van der Waals surface area (Å²) in [6, 6.07) is 10.0. The molecule has 0 unspecified atom stereocenters. The van der Waals surface area contributed by atoms with Gasteiger partial charge in [-0.05, 0) is 33.3 Å². The van der Waals surface area contributed by atoms with Gasteiger partial charge in [-0.25, -0.2) is 4.99 Å². The molecule has 1 aromatic heterocycles. The number of guanidine groups is 1. The zero-order chi connectivity index (χ0) is 20.6. The van der Waals surface area contributed by atoms with E-state index in [4.69, 9.17) is 0 Å². The first-order chi connectivity index (χ1) is 13.3. The summed E-state index contributed by atoms with van der Waals surface area (Å²) >= 11 is 0. The monoisotopic (exact) mass is 385 g/mol. The molecule has 0 aliphatic carbocycles. The van der Waals surface area contributed by atoms with Crippen LogP contribution in [0.4, 0.5) is 0 Å². The van der Waals surface area contributed by atoms with Gasteiger partial charge in [0.05, 0.1) is 18.5 Å². The Labute approximate surface area is 166 Å². The van der Waals surface area contributed by atoms with Gasteiger partial charge in [0.25, 0.3) is 0 Å². The molecule has 1 heterocycles. The zero-order valence-corrected chi connectivity index (χ0v) is 17.4. The van der Waals surface area contributed by atoms with Crippen LogP contribution in [-0.4, -0.2) is 39.7 Å². The number of hydrogen-bond donors (Lipinski definition) is 3. The van der Waals surface area contributed by atoms with Crippen molar-refractivity contribution in [1.29, 1.82) is 0 Å². The van der Waals surface area contributed by atoms with Gasteiger partial charge >= 0.3 is 0 Å². The minimum absolute atomic E-state index is 0.00818. The molecule has 0 radical (unpaired) electrons. The molecule has 0 saturated heterocycles. The number of amides is 1. The predicted molar refractivity (Wildman–Crippen MR) is 111 cm³/mol. The van der Waals surface area contributed by atoms with E-state index in [2.05, 4.69) is 31.1 Å². The molecular formula is C20H31N7O. The maximum absolute atomic E-state index is 12.3. The van der Waals surface area contributed by atoms with Crippen LogP contribution in [0.15, 0.2) is 35.3 Å². The van der Waals surface area contributed by atoms with E-state index in [1.165, 1.54) is 0 Å². The lowest BCUT2D eigenvalue weighted by molar-refractivity contribution is -0.128. The molecule has 8 nitrogen and oxygen atoms in total. The molecular weight excluding hydrogens is 354 g/mol. The molecule has 0 aliphatic heterocycles. The van der Waals surface area contributed by atoms with Crippen LogP contribution in [0, 0.1) is 12.3 Å². The zero-order valence-electron chi connectivity index (χ0n) is 17.4. The number of aliphatic imine (C=N–C) groups is 1. The van der Waals surface area contributed by atoms with E-state index in [1.54, 1.807) is 0 Å². The molecule has 0 bridgehead atoms. The summed E-state index contributed by atoms with van der Waals surface area (Å²) < 4.78 is 1.93. The summed E-state index contributed by atoms with van der Waals surface area (Å²) in [7, 11) is 1.93. The van der Waals surface area contributed by atoms with Crippen molar-refractivity contribution in [2.45, 2.75) is 40.8 Å².